The summed E-state index contributed by atoms with van der Waals surface area (Å²) in [6, 6.07) is 29.3. The number of anilines is 2. The van der Waals surface area contributed by atoms with Crippen LogP contribution in [0.5, 0.6) is 5.75 Å². The molecule has 229 valence electrons. The van der Waals surface area contributed by atoms with Gasteiger partial charge in [-0.15, -0.1) is 17.7 Å². The van der Waals surface area contributed by atoms with E-state index in [1.54, 1.807) is 7.11 Å². The van der Waals surface area contributed by atoms with E-state index in [0.29, 0.717) is 0 Å². The van der Waals surface area contributed by atoms with Gasteiger partial charge in [0.1, 0.15) is 5.75 Å². The monoisotopic (exact) mass is 715 g/mol. The Balaban J connectivity index is 0.000000351. The first-order valence-corrected chi connectivity index (χ1v) is 14.2. The minimum atomic E-state index is -0.0686. The molecule has 0 amide bonds. The zero-order valence-electron chi connectivity index (χ0n) is 27.6. The molecule has 4 aromatic carbocycles. The van der Waals surface area contributed by atoms with Gasteiger partial charge in [-0.25, -0.2) is 12.1 Å². The zero-order chi connectivity index (χ0) is 31.0. The number of para-hydroxylation sites is 2. The predicted molar refractivity (Wildman–Crippen MR) is 181 cm³/mol. The summed E-state index contributed by atoms with van der Waals surface area (Å²) < 4.78 is 5.84. The van der Waals surface area contributed by atoms with E-state index < -0.39 is 0 Å². The maximum atomic E-state index is 5.84. The van der Waals surface area contributed by atoms with Gasteiger partial charge in [-0.2, -0.15) is 49.2 Å². The van der Waals surface area contributed by atoms with Gasteiger partial charge in [0.2, 0.25) is 0 Å². The van der Waals surface area contributed by atoms with Crippen LogP contribution in [0.3, 0.4) is 0 Å². The standard InChI is InChI=1S/C20H27O.2C9H12N.Dy/c1-14-12-16(19(2,3)4)18(21-7)17(13-14)20(5,6)15-10-8-9-11-15;2*1-8-6-4-5-7-9(8)10(2)3;/h8-13H,1-7H3;2*4-7H,1H2,2-3H3;/q3*-1;+3. The number of aryl methyl sites for hydroxylation is 1. The van der Waals surface area contributed by atoms with E-state index in [2.05, 4.69) is 114 Å². The zero-order valence-corrected chi connectivity index (χ0v) is 29.6. The summed E-state index contributed by atoms with van der Waals surface area (Å²) in [5.74, 6) is 1.03. The SMILES string of the molecule is COc1c(C(C)(C)C)cc(C)cc1C(C)(C)[c-]1cccc1.[CH2-]c1ccccc1N(C)C.[CH2-]c1ccccc1N(C)C.[Dy+3]. The van der Waals surface area contributed by atoms with Gasteiger partial charge in [-0.3, -0.25) is 0 Å². The second-order valence-corrected chi connectivity index (χ2v) is 12.5. The number of rotatable bonds is 5. The van der Waals surface area contributed by atoms with Gasteiger partial charge in [0.25, 0.3) is 0 Å². The largest absolute Gasteiger partial charge is 3.00 e. The van der Waals surface area contributed by atoms with Crippen LogP contribution in [-0.4, -0.2) is 35.3 Å². The molecule has 0 aliphatic heterocycles. The second-order valence-electron chi connectivity index (χ2n) is 12.5. The molecule has 0 unspecified atom stereocenters. The quantitative estimate of drug-likeness (QED) is 0.192. The fraction of sp³-hybridized carbons (Fsp3) is 0.342. The Kier molecular flexibility index (Phi) is 14.6. The Labute approximate surface area is 287 Å². The number of benzene rings is 3. The number of hydrogen-bond acceptors (Lipinski definition) is 3. The number of nitrogens with zero attached hydrogens (tertiary/aromatic N) is 2. The first kappa shape index (κ1) is 37.4. The summed E-state index contributed by atoms with van der Waals surface area (Å²) in [6.07, 6.45) is 0. The van der Waals surface area contributed by atoms with Crippen molar-refractivity contribution in [3.63, 3.8) is 0 Å². The third kappa shape index (κ3) is 10.0. The Morgan fingerprint density at radius 3 is 1.40 bits per heavy atom. The van der Waals surface area contributed by atoms with Crippen molar-refractivity contribution in [2.75, 3.05) is 45.1 Å². The van der Waals surface area contributed by atoms with Crippen LogP contribution < -0.4 is 14.5 Å². The maximum absolute atomic E-state index is 5.84. The Hall–Kier alpha value is -2.58. The topological polar surface area (TPSA) is 15.7 Å². The third-order valence-corrected chi connectivity index (χ3v) is 7.25. The van der Waals surface area contributed by atoms with Crippen molar-refractivity contribution >= 4 is 11.4 Å². The molecule has 0 aliphatic rings. The van der Waals surface area contributed by atoms with Gasteiger partial charge in [-0.05, 0) is 57.1 Å². The molecule has 4 aromatic rings. The van der Waals surface area contributed by atoms with Crippen molar-refractivity contribution in [2.24, 2.45) is 0 Å². The summed E-state index contributed by atoms with van der Waals surface area (Å²) in [5, 5.41) is 0. The van der Waals surface area contributed by atoms with Gasteiger partial charge in [0.15, 0.2) is 0 Å². The molecule has 0 aliphatic carbocycles. The average molecular weight is 714 g/mol. The molecule has 0 bridgehead atoms. The molecule has 1 radical (unpaired) electrons. The number of hydrogen-bond donors (Lipinski definition) is 0. The van der Waals surface area contributed by atoms with Gasteiger partial charge in [0, 0.05) is 0 Å². The fourth-order valence-electron chi connectivity index (χ4n) is 4.85. The van der Waals surface area contributed by atoms with Crippen molar-refractivity contribution in [1.82, 2.24) is 0 Å². The molecular weight excluding hydrogens is 663 g/mol. The van der Waals surface area contributed by atoms with Crippen LogP contribution in [0.15, 0.2) is 84.9 Å². The van der Waals surface area contributed by atoms with E-state index in [0.717, 1.165) is 16.9 Å². The second kappa shape index (κ2) is 16.3. The molecule has 0 atom stereocenters. The van der Waals surface area contributed by atoms with Crippen LogP contribution in [0, 0.1) is 58.9 Å². The summed E-state index contributed by atoms with van der Waals surface area (Å²) in [4.78, 5) is 4.12. The van der Waals surface area contributed by atoms with Crippen molar-refractivity contribution in [1.29, 1.82) is 0 Å². The van der Waals surface area contributed by atoms with E-state index in [9.17, 15) is 0 Å². The van der Waals surface area contributed by atoms with Crippen molar-refractivity contribution in [2.45, 2.75) is 52.4 Å². The molecule has 4 heteroatoms. The number of ether oxygens (including phenoxy) is 1. The van der Waals surface area contributed by atoms with Crippen molar-refractivity contribution in [3.8, 4) is 5.75 Å². The Morgan fingerprint density at radius 1 is 0.667 bits per heavy atom. The van der Waals surface area contributed by atoms with Crippen LogP contribution >= 0.6 is 0 Å². The van der Waals surface area contributed by atoms with E-state index in [1.165, 1.54) is 33.6 Å². The molecule has 4 rings (SSSR count). The first-order chi connectivity index (χ1) is 19.1. The normalized spacial score (nSPS) is 10.7. The molecular formula is C38H51DyN2O. The summed E-state index contributed by atoms with van der Waals surface area (Å²) in [7, 11) is 9.85. The van der Waals surface area contributed by atoms with Gasteiger partial charge < -0.3 is 14.5 Å². The van der Waals surface area contributed by atoms with Crippen LogP contribution in [-0.2, 0) is 10.8 Å². The van der Waals surface area contributed by atoms with Gasteiger partial charge in [-0.1, -0.05) is 88.0 Å². The van der Waals surface area contributed by atoms with E-state index in [-0.39, 0.29) is 49.0 Å². The minimum absolute atomic E-state index is 0. The molecule has 42 heavy (non-hydrogen) atoms. The van der Waals surface area contributed by atoms with Crippen molar-refractivity contribution < 1.29 is 42.9 Å². The average Bonchev–Trinajstić information content (AvgIpc) is 3.45. The fourth-order valence-corrected chi connectivity index (χ4v) is 4.85. The molecule has 0 fully saturated rings. The Bertz CT molecular complexity index is 1310. The summed E-state index contributed by atoms with van der Waals surface area (Å²) >= 11 is 0. The van der Waals surface area contributed by atoms with Crippen LogP contribution in [0.4, 0.5) is 11.4 Å². The van der Waals surface area contributed by atoms with Crippen LogP contribution in [0.1, 0.15) is 68.0 Å². The molecule has 0 heterocycles. The molecule has 3 nitrogen and oxygen atoms in total. The smallest absolute Gasteiger partial charge is 0.496 e. The molecule has 0 saturated heterocycles. The van der Waals surface area contributed by atoms with Gasteiger partial charge >= 0.3 is 38.2 Å². The van der Waals surface area contributed by atoms with Crippen molar-refractivity contribution in [3.05, 3.63) is 132 Å². The van der Waals surface area contributed by atoms with E-state index in [1.807, 2.05) is 64.6 Å². The van der Waals surface area contributed by atoms with Gasteiger partial charge in [0.05, 0.1) is 7.11 Å². The molecule has 0 saturated carbocycles. The van der Waals surface area contributed by atoms with E-state index in [4.69, 9.17) is 4.74 Å². The third-order valence-electron chi connectivity index (χ3n) is 7.25. The summed E-state index contributed by atoms with van der Waals surface area (Å²) in [5.41, 5.74) is 9.67. The maximum Gasteiger partial charge on any atom is 3.00 e. The van der Waals surface area contributed by atoms with Crippen LogP contribution in [0.2, 0.25) is 0 Å². The molecule has 0 N–H and O–H groups in total. The van der Waals surface area contributed by atoms with Crippen LogP contribution in [0.25, 0.3) is 0 Å². The molecule has 0 spiro atoms. The summed E-state index contributed by atoms with van der Waals surface area (Å²) in [6.45, 7) is 21.2. The first-order valence-electron chi connectivity index (χ1n) is 14.2. The minimum Gasteiger partial charge on any atom is -0.496 e. The Morgan fingerprint density at radius 2 is 1.07 bits per heavy atom. The molecule has 0 aromatic heterocycles. The predicted octanol–water partition coefficient (Wildman–Crippen LogP) is 9.22. The number of methoxy groups -OCH3 is 1. The van der Waals surface area contributed by atoms with E-state index >= 15 is 0 Å².